The average Bonchev–Trinajstić information content (AvgIpc) is 1.85. The molecule has 66 valence electrons. The van der Waals surface area contributed by atoms with Gasteiger partial charge in [0.25, 0.3) is 0 Å². The van der Waals surface area contributed by atoms with E-state index in [1.165, 1.54) is 6.42 Å². The van der Waals surface area contributed by atoms with E-state index in [0.717, 1.165) is 30.6 Å². The van der Waals surface area contributed by atoms with Crippen molar-refractivity contribution >= 4 is 0 Å². The first-order valence-corrected chi connectivity index (χ1v) is 4.79. The van der Waals surface area contributed by atoms with Crippen molar-refractivity contribution in [3.63, 3.8) is 0 Å². The van der Waals surface area contributed by atoms with Crippen LogP contribution in [0.15, 0.2) is 0 Å². The molecule has 0 spiro atoms. The molecule has 1 nitrogen and oxygen atoms in total. The molecule has 0 aliphatic heterocycles. The molecule has 0 heterocycles. The molecule has 3 atom stereocenters. The van der Waals surface area contributed by atoms with Crippen molar-refractivity contribution in [3.05, 3.63) is 0 Å². The molecule has 1 aliphatic rings. The Balaban J connectivity index is 2.44. The van der Waals surface area contributed by atoms with Crippen molar-refractivity contribution in [2.45, 2.75) is 46.1 Å². The summed E-state index contributed by atoms with van der Waals surface area (Å²) in [6, 6.07) is 0. The van der Waals surface area contributed by atoms with Gasteiger partial charge >= 0.3 is 0 Å². The fourth-order valence-corrected chi connectivity index (χ4v) is 2.38. The van der Waals surface area contributed by atoms with Gasteiger partial charge in [-0.25, -0.2) is 0 Å². The van der Waals surface area contributed by atoms with Crippen molar-refractivity contribution in [2.75, 3.05) is 0 Å². The van der Waals surface area contributed by atoms with Crippen molar-refractivity contribution in [3.8, 4) is 0 Å². The van der Waals surface area contributed by atoms with Crippen LogP contribution in [0.25, 0.3) is 0 Å². The smallest absolute Gasteiger partial charge is 0.0543 e. The van der Waals surface area contributed by atoms with Crippen LogP contribution < -0.4 is 0 Å². The summed E-state index contributed by atoms with van der Waals surface area (Å²) in [7, 11) is 0. The second kappa shape index (κ2) is 3.57. The van der Waals surface area contributed by atoms with Gasteiger partial charge < -0.3 is 5.11 Å². The van der Waals surface area contributed by atoms with Crippen LogP contribution in [0.2, 0.25) is 0 Å². The quantitative estimate of drug-likeness (QED) is 0.618. The lowest BCUT2D eigenvalue weighted by Gasteiger charge is -2.34. The Morgan fingerprint density at radius 1 is 1.27 bits per heavy atom. The zero-order chi connectivity index (χ0) is 8.43. The van der Waals surface area contributed by atoms with Gasteiger partial charge in [0.2, 0.25) is 0 Å². The maximum Gasteiger partial charge on any atom is 0.0543 e. The summed E-state index contributed by atoms with van der Waals surface area (Å²) in [5.74, 6) is 2.36. The zero-order valence-electron chi connectivity index (χ0n) is 7.88. The predicted molar refractivity (Wildman–Crippen MR) is 47.3 cm³/mol. The summed E-state index contributed by atoms with van der Waals surface area (Å²) in [5, 5.41) is 9.38. The van der Waals surface area contributed by atoms with Crippen molar-refractivity contribution < 1.29 is 5.11 Å². The first kappa shape index (κ1) is 9.05. The Morgan fingerprint density at radius 2 is 1.91 bits per heavy atom. The molecule has 1 fully saturated rings. The number of aliphatic hydroxyl groups excluding tert-OH is 1. The minimum Gasteiger partial charge on any atom is -0.393 e. The number of rotatable bonds is 1. The molecule has 11 heavy (non-hydrogen) atoms. The molecule has 0 aromatic rings. The molecule has 1 heteroatoms. The third kappa shape index (κ3) is 2.19. The van der Waals surface area contributed by atoms with Gasteiger partial charge in [0.05, 0.1) is 6.10 Å². The Morgan fingerprint density at radius 3 is 2.36 bits per heavy atom. The highest BCUT2D eigenvalue weighted by molar-refractivity contribution is 4.78. The summed E-state index contributed by atoms with van der Waals surface area (Å²) < 4.78 is 0. The van der Waals surface area contributed by atoms with Crippen LogP contribution in [0, 0.1) is 17.8 Å². The van der Waals surface area contributed by atoms with Gasteiger partial charge in [0.15, 0.2) is 0 Å². The summed E-state index contributed by atoms with van der Waals surface area (Å²) in [4.78, 5) is 0. The van der Waals surface area contributed by atoms with Crippen molar-refractivity contribution in [1.29, 1.82) is 0 Å². The van der Waals surface area contributed by atoms with Crippen LogP contribution in [0.5, 0.6) is 0 Å². The van der Waals surface area contributed by atoms with E-state index >= 15 is 0 Å². The highest BCUT2D eigenvalue weighted by Gasteiger charge is 2.27. The maximum absolute atomic E-state index is 9.38. The van der Waals surface area contributed by atoms with E-state index in [4.69, 9.17) is 0 Å². The third-order valence-corrected chi connectivity index (χ3v) is 3.06. The van der Waals surface area contributed by atoms with Crippen molar-refractivity contribution in [2.24, 2.45) is 17.8 Å². The molecular formula is C10H20O. The van der Waals surface area contributed by atoms with Crippen LogP contribution in [0.1, 0.15) is 40.0 Å². The number of hydrogen-bond acceptors (Lipinski definition) is 1. The zero-order valence-corrected chi connectivity index (χ0v) is 7.88. The van der Waals surface area contributed by atoms with Crippen LogP contribution in [0.4, 0.5) is 0 Å². The third-order valence-electron chi connectivity index (χ3n) is 3.06. The molecule has 0 bridgehead atoms. The molecule has 1 N–H and O–H groups in total. The minimum atomic E-state index is -0.0139. The van der Waals surface area contributed by atoms with E-state index in [1.807, 2.05) is 0 Å². The fourth-order valence-electron chi connectivity index (χ4n) is 2.38. The average molecular weight is 156 g/mol. The van der Waals surface area contributed by atoms with Gasteiger partial charge in [-0.1, -0.05) is 20.8 Å². The van der Waals surface area contributed by atoms with Crippen LogP contribution >= 0.6 is 0 Å². The van der Waals surface area contributed by atoms with E-state index in [0.29, 0.717) is 0 Å². The van der Waals surface area contributed by atoms with Crippen LogP contribution in [0.3, 0.4) is 0 Å². The lowest BCUT2D eigenvalue weighted by molar-refractivity contribution is 0.0595. The highest BCUT2D eigenvalue weighted by atomic mass is 16.3. The van der Waals surface area contributed by atoms with E-state index in [-0.39, 0.29) is 6.10 Å². The SMILES string of the molecule is CC(C)[C@@H]1CC[C@@H](O)C[C@H]1C. The first-order chi connectivity index (χ1) is 5.11. The molecular weight excluding hydrogens is 136 g/mol. The molecule has 0 aromatic heterocycles. The molecule has 1 saturated carbocycles. The first-order valence-electron chi connectivity index (χ1n) is 4.79. The normalized spacial score (nSPS) is 39.5. The molecule has 0 radical (unpaired) electrons. The lowest BCUT2D eigenvalue weighted by atomic mass is 9.73. The largest absolute Gasteiger partial charge is 0.393 e. The molecule has 0 unspecified atom stereocenters. The van der Waals surface area contributed by atoms with E-state index < -0.39 is 0 Å². The summed E-state index contributed by atoms with van der Waals surface area (Å²) >= 11 is 0. The predicted octanol–water partition coefficient (Wildman–Crippen LogP) is 2.44. The van der Waals surface area contributed by atoms with Gasteiger partial charge in [0.1, 0.15) is 0 Å². The summed E-state index contributed by atoms with van der Waals surface area (Å²) in [5.41, 5.74) is 0. The molecule has 0 saturated heterocycles. The second-order valence-corrected chi connectivity index (χ2v) is 4.35. The molecule has 1 aliphatic carbocycles. The van der Waals surface area contributed by atoms with E-state index in [2.05, 4.69) is 20.8 Å². The van der Waals surface area contributed by atoms with Crippen LogP contribution in [-0.2, 0) is 0 Å². The molecule has 0 amide bonds. The minimum absolute atomic E-state index is 0.0139. The van der Waals surface area contributed by atoms with Gasteiger partial charge in [-0.3, -0.25) is 0 Å². The standard InChI is InChI=1S/C10H20O/c1-7(2)10-5-4-9(11)6-8(10)3/h7-11H,4-6H2,1-3H3/t8-,9-,10+/m1/s1. The Kier molecular flexibility index (Phi) is 2.94. The fraction of sp³-hybridized carbons (Fsp3) is 1.00. The van der Waals surface area contributed by atoms with Gasteiger partial charge in [-0.2, -0.15) is 0 Å². The summed E-state index contributed by atoms with van der Waals surface area (Å²) in [6.07, 6.45) is 3.25. The topological polar surface area (TPSA) is 20.2 Å². The monoisotopic (exact) mass is 156 g/mol. The van der Waals surface area contributed by atoms with Crippen molar-refractivity contribution in [1.82, 2.24) is 0 Å². The second-order valence-electron chi connectivity index (χ2n) is 4.35. The van der Waals surface area contributed by atoms with Gasteiger partial charge in [0, 0.05) is 0 Å². The number of hydrogen-bond donors (Lipinski definition) is 1. The van der Waals surface area contributed by atoms with Gasteiger partial charge in [-0.05, 0) is 37.0 Å². The maximum atomic E-state index is 9.38. The Labute approximate surface area is 69.8 Å². The Bertz CT molecular complexity index is 120. The summed E-state index contributed by atoms with van der Waals surface area (Å²) in [6.45, 7) is 6.85. The van der Waals surface area contributed by atoms with E-state index in [1.54, 1.807) is 0 Å². The highest BCUT2D eigenvalue weighted by Crippen LogP contribution is 2.34. The van der Waals surface area contributed by atoms with Gasteiger partial charge in [-0.15, -0.1) is 0 Å². The molecule has 0 aromatic carbocycles. The lowest BCUT2D eigenvalue weighted by Crippen LogP contribution is -2.28. The van der Waals surface area contributed by atoms with E-state index in [9.17, 15) is 5.11 Å². The van der Waals surface area contributed by atoms with Crippen LogP contribution in [-0.4, -0.2) is 11.2 Å². The molecule has 1 rings (SSSR count). The number of aliphatic hydroxyl groups is 1. The Hall–Kier alpha value is -0.0400.